The van der Waals surface area contributed by atoms with E-state index in [0.29, 0.717) is 28.1 Å². The Morgan fingerprint density at radius 1 is 1.24 bits per heavy atom. The fourth-order valence-corrected chi connectivity index (χ4v) is 3.45. The molecule has 1 aliphatic rings. The molecule has 7 nitrogen and oxygen atoms in total. The zero-order valence-electron chi connectivity index (χ0n) is 16.1. The normalized spacial score (nSPS) is 15.8. The maximum absolute atomic E-state index is 13.1. The first-order chi connectivity index (χ1) is 13.9. The summed E-state index contributed by atoms with van der Waals surface area (Å²) in [5.41, 5.74) is 1.90. The largest absolute Gasteiger partial charge is 0.496 e. The Hall–Kier alpha value is -3.55. The zero-order chi connectivity index (χ0) is 21.1. The minimum atomic E-state index is -1.12. The first-order valence-corrected chi connectivity index (χ1v) is 9.03. The van der Waals surface area contributed by atoms with Crippen molar-refractivity contribution in [3.8, 4) is 23.7 Å². The average molecular weight is 409 g/mol. The number of amides is 2. The van der Waals surface area contributed by atoms with Gasteiger partial charge in [-0.25, -0.2) is 5.01 Å². The highest BCUT2D eigenvalue weighted by Gasteiger charge is 2.47. The molecule has 0 N–H and O–H groups in total. The molecule has 146 valence electrons. The van der Waals surface area contributed by atoms with E-state index in [0.717, 1.165) is 0 Å². The highest BCUT2D eigenvalue weighted by molar-refractivity contribution is 6.32. The van der Waals surface area contributed by atoms with E-state index in [4.69, 9.17) is 21.6 Å². The molecule has 1 unspecified atom stereocenters. The third-order valence-corrected chi connectivity index (χ3v) is 4.88. The summed E-state index contributed by atoms with van der Waals surface area (Å²) >= 11 is 6.42. The Kier molecular flexibility index (Phi) is 5.72. The Morgan fingerprint density at radius 3 is 2.59 bits per heavy atom. The van der Waals surface area contributed by atoms with Gasteiger partial charge in [0.2, 0.25) is 0 Å². The van der Waals surface area contributed by atoms with E-state index < -0.39 is 17.7 Å². The predicted molar refractivity (Wildman–Crippen MR) is 106 cm³/mol. The summed E-state index contributed by atoms with van der Waals surface area (Å²) in [6.45, 7) is 1.78. The summed E-state index contributed by atoms with van der Waals surface area (Å²) in [5, 5.41) is 11.7. The second kappa shape index (κ2) is 8.22. The monoisotopic (exact) mass is 408 g/mol. The summed E-state index contributed by atoms with van der Waals surface area (Å²) in [5.74, 6) is 4.02. The van der Waals surface area contributed by atoms with Crippen molar-refractivity contribution in [3.05, 3.63) is 57.9 Å². The maximum atomic E-state index is 13.1. The number of hydrogen-bond donors (Lipinski definition) is 0. The number of benzene rings is 1. The SMILES string of the molecule is CC#Cc1cc(Cl)c(C2C(=O)N(C)N(Cc3ccc(C#N)cn3)C2=O)c(OC)c1. The highest BCUT2D eigenvalue weighted by atomic mass is 35.5. The van der Waals surface area contributed by atoms with Gasteiger partial charge < -0.3 is 4.74 Å². The van der Waals surface area contributed by atoms with Crippen LogP contribution in [0, 0.1) is 23.2 Å². The smallest absolute Gasteiger partial charge is 0.258 e. The molecule has 1 saturated heterocycles. The van der Waals surface area contributed by atoms with Crippen LogP contribution in [0.3, 0.4) is 0 Å². The summed E-state index contributed by atoms with van der Waals surface area (Å²) in [6, 6.07) is 8.50. The molecule has 1 aromatic carbocycles. The van der Waals surface area contributed by atoms with E-state index >= 15 is 0 Å². The molecular weight excluding hydrogens is 392 g/mol. The van der Waals surface area contributed by atoms with Gasteiger partial charge in [0.05, 0.1) is 29.9 Å². The van der Waals surface area contributed by atoms with Crippen LogP contribution in [0.5, 0.6) is 5.75 Å². The third kappa shape index (κ3) is 3.73. The van der Waals surface area contributed by atoms with Gasteiger partial charge in [-0.15, -0.1) is 5.92 Å². The second-order valence-corrected chi connectivity index (χ2v) is 6.70. The molecule has 0 spiro atoms. The molecule has 0 aliphatic carbocycles. The number of carbonyl (C=O) groups is 2. The van der Waals surface area contributed by atoms with Gasteiger partial charge in [0, 0.05) is 24.4 Å². The van der Waals surface area contributed by atoms with Crippen molar-refractivity contribution >= 4 is 23.4 Å². The van der Waals surface area contributed by atoms with Crippen molar-refractivity contribution in [1.82, 2.24) is 15.0 Å². The number of rotatable bonds is 4. The Bertz CT molecular complexity index is 1080. The van der Waals surface area contributed by atoms with Gasteiger partial charge in [-0.1, -0.05) is 17.5 Å². The number of methoxy groups -OCH3 is 1. The fraction of sp³-hybridized carbons (Fsp3) is 0.238. The Morgan fingerprint density at radius 2 is 2.00 bits per heavy atom. The molecule has 0 saturated carbocycles. The molecule has 2 amide bonds. The van der Waals surface area contributed by atoms with E-state index in [1.807, 2.05) is 6.07 Å². The Labute approximate surface area is 173 Å². The number of nitriles is 1. The minimum Gasteiger partial charge on any atom is -0.496 e. The lowest BCUT2D eigenvalue weighted by Crippen LogP contribution is -2.37. The molecule has 2 aromatic rings. The number of hydrogen-bond acceptors (Lipinski definition) is 5. The molecular formula is C21H17ClN4O3. The summed E-state index contributed by atoms with van der Waals surface area (Å²) in [6.07, 6.45) is 1.42. The molecule has 1 aliphatic heterocycles. The number of halogens is 1. The molecule has 8 heteroatoms. The Balaban J connectivity index is 1.97. The average Bonchev–Trinajstić information content (AvgIpc) is 2.92. The lowest BCUT2D eigenvalue weighted by molar-refractivity contribution is -0.145. The van der Waals surface area contributed by atoms with Crippen molar-refractivity contribution in [2.24, 2.45) is 0 Å². The minimum absolute atomic E-state index is 0.0859. The summed E-state index contributed by atoms with van der Waals surface area (Å²) < 4.78 is 5.40. The first-order valence-electron chi connectivity index (χ1n) is 8.65. The zero-order valence-corrected chi connectivity index (χ0v) is 16.8. The van der Waals surface area contributed by atoms with Crippen LogP contribution < -0.4 is 4.74 Å². The molecule has 0 bridgehead atoms. The van der Waals surface area contributed by atoms with Crippen molar-refractivity contribution in [3.63, 3.8) is 0 Å². The molecule has 0 radical (unpaired) electrons. The van der Waals surface area contributed by atoms with Gasteiger partial charge in [0.25, 0.3) is 11.8 Å². The van der Waals surface area contributed by atoms with Crippen LogP contribution in [0.15, 0.2) is 30.5 Å². The molecule has 2 heterocycles. The number of likely N-dealkylation sites (N-methyl/N-ethyl adjacent to an activating group) is 1. The molecule has 1 atom stereocenters. The van der Waals surface area contributed by atoms with Crippen LogP contribution in [0.2, 0.25) is 5.02 Å². The third-order valence-electron chi connectivity index (χ3n) is 4.56. The van der Waals surface area contributed by atoms with Crippen molar-refractivity contribution in [2.45, 2.75) is 19.4 Å². The van der Waals surface area contributed by atoms with Crippen LogP contribution in [-0.4, -0.2) is 41.0 Å². The molecule has 3 rings (SSSR count). The number of nitrogens with zero attached hydrogens (tertiary/aromatic N) is 4. The van der Waals surface area contributed by atoms with Crippen molar-refractivity contribution in [1.29, 1.82) is 5.26 Å². The first kappa shape index (κ1) is 20.2. The van der Waals surface area contributed by atoms with Gasteiger partial charge in [0.1, 0.15) is 11.8 Å². The van der Waals surface area contributed by atoms with Crippen LogP contribution in [-0.2, 0) is 16.1 Å². The van der Waals surface area contributed by atoms with E-state index in [1.165, 1.54) is 30.4 Å². The van der Waals surface area contributed by atoms with E-state index in [1.54, 1.807) is 31.2 Å². The van der Waals surface area contributed by atoms with Gasteiger partial charge in [-0.3, -0.25) is 19.6 Å². The quantitative estimate of drug-likeness (QED) is 0.573. The van der Waals surface area contributed by atoms with Crippen LogP contribution in [0.1, 0.15) is 35.2 Å². The van der Waals surface area contributed by atoms with Gasteiger partial charge in [0.15, 0.2) is 5.92 Å². The van der Waals surface area contributed by atoms with Crippen molar-refractivity contribution < 1.29 is 14.3 Å². The lowest BCUT2D eigenvalue weighted by atomic mass is 9.95. The molecule has 1 aromatic heterocycles. The maximum Gasteiger partial charge on any atom is 0.258 e. The number of hydrazine groups is 1. The van der Waals surface area contributed by atoms with E-state index in [2.05, 4.69) is 16.8 Å². The highest BCUT2D eigenvalue weighted by Crippen LogP contribution is 2.39. The summed E-state index contributed by atoms with van der Waals surface area (Å²) in [4.78, 5) is 30.2. The number of carbonyl (C=O) groups excluding carboxylic acids is 2. The topological polar surface area (TPSA) is 86.5 Å². The predicted octanol–water partition coefficient (Wildman–Crippen LogP) is 2.49. The second-order valence-electron chi connectivity index (χ2n) is 6.29. The van der Waals surface area contributed by atoms with Gasteiger partial charge >= 0.3 is 0 Å². The van der Waals surface area contributed by atoms with Crippen LogP contribution in [0.4, 0.5) is 0 Å². The van der Waals surface area contributed by atoms with Crippen molar-refractivity contribution in [2.75, 3.05) is 14.2 Å². The summed E-state index contributed by atoms with van der Waals surface area (Å²) in [7, 11) is 2.96. The standard InChI is InChI=1S/C21H17ClN4O3/c1-4-5-13-8-16(22)18(17(9-13)29-3)19-20(27)25(2)26(21(19)28)12-15-7-6-14(10-23)11-24-15/h6-9,11,19H,12H2,1-3H3. The molecule has 1 fully saturated rings. The lowest BCUT2D eigenvalue weighted by Gasteiger charge is -2.23. The fourth-order valence-electron chi connectivity index (χ4n) is 3.13. The van der Waals surface area contributed by atoms with E-state index in [-0.39, 0.29) is 11.6 Å². The number of aromatic nitrogens is 1. The molecule has 29 heavy (non-hydrogen) atoms. The van der Waals surface area contributed by atoms with Gasteiger partial charge in [-0.2, -0.15) is 5.26 Å². The number of ether oxygens (including phenoxy) is 1. The van der Waals surface area contributed by atoms with Gasteiger partial charge in [-0.05, 0) is 31.2 Å². The van der Waals surface area contributed by atoms with Crippen LogP contribution >= 0.6 is 11.6 Å². The number of pyridine rings is 1. The van der Waals surface area contributed by atoms with E-state index in [9.17, 15) is 9.59 Å². The van der Waals surface area contributed by atoms with Crippen LogP contribution in [0.25, 0.3) is 0 Å².